The molecule has 0 aromatic heterocycles. The number of hydrogen-bond donors (Lipinski definition) is 1. The Kier molecular flexibility index (Phi) is 4.70. The van der Waals surface area contributed by atoms with Crippen molar-refractivity contribution in [3.8, 4) is 0 Å². The van der Waals surface area contributed by atoms with Crippen LogP contribution in [0.15, 0.2) is 47.4 Å². The van der Waals surface area contributed by atoms with Crippen molar-refractivity contribution in [3.63, 3.8) is 0 Å². The van der Waals surface area contributed by atoms with Gasteiger partial charge in [-0.25, -0.2) is 16.8 Å². The maximum Gasteiger partial charge on any atom is 0.264 e. The fraction of sp³-hybridized carbons (Fsp3) is 0.250. The van der Waals surface area contributed by atoms with Crippen LogP contribution < -0.4 is 9.03 Å². The number of halogens is 1. The molecule has 1 N–H and O–H groups in total. The zero-order valence-electron chi connectivity index (χ0n) is 13.4. The average molecular weight is 401 g/mol. The summed E-state index contributed by atoms with van der Waals surface area (Å²) in [4.78, 5) is 0.143. The molecule has 0 spiro atoms. The summed E-state index contributed by atoms with van der Waals surface area (Å²) in [6.07, 6.45) is 0.572. The Morgan fingerprint density at radius 2 is 1.76 bits per heavy atom. The molecule has 0 aliphatic carbocycles. The third-order valence-corrected chi connectivity index (χ3v) is 7.38. The number of benzene rings is 2. The third kappa shape index (κ3) is 3.61. The molecular formula is C16H17ClN2O4S2. The molecule has 0 amide bonds. The molecule has 134 valence electrons. The number of rotatable bonds is 5. The van der Waals surface area contributed by atoms with Crippen molar-refractivity contribution in [3.05, 3.63) is 53.1 Å². The van der Waals surface area contributed by atoms with Gasteiger partial charge in [-0.2, -0.15) is 0 Å². The molecule has 1 aliphatic rings. The largest absolute Gasteiger partial charge is 0.283 e. The minimum Gasteiger partial charge on any atom is -0.283 e. The molecule has 0 fully saturated rings. The van der Waals surface area contributed by atoms with Gasteiger partial charge >= 0.3 is 0 Å². The van der Waals surface area contributed by atoms with Gasteiger partial charge in [0.15, 0.2) is 0 Å². The maximum absolute atomic E-state index is 12.9. The minimum atomic E-state index is -3.74. The molecule has 1 heterocycles. The van der Waals surface area contributed by atoms with E-state index in [1.165, 1.54) is 35.5 Å². The van der Waals surface area contributed by atoms with Crippen molar-refractivity contribution in [2.75, 3.05) is 21.3 Å². The lowest BCUT2D eigenvalue weighted by Crippen LogP contribution is -2.29. The van der Waals surface area contributed by atoms with Gasteiger partial charge in [-0.15, -0.1) is 0 Å². The van der Waals surface area contributed by atoms with E-state index in [1.54, 1.807) is 18.2 Å². The predicted octanol–water partition coefficient (Wildman–Crippen LogP) is 2.85. The molecule has 9 heteroatoms. The highest BCUT2D eigenvalue weighted by Gasteiger charge is 2.31. The van der Waals surface area contributed by atoms with Crippen LogP contribution >= 0.6 is 11.6 Å². The van der Waals surface area contributed by atoms with Gasteiger partial charge in [-0.05, 0) is 55.3 Å². The monoisotopic (exact) mass is 400 g/mol. The Morgan fingerprint density at radius 3 is 2.40 bits per heavy atom. The van der Waals surface area contributed by atoms with Gasteiger partial charge in [0.2, 0.25) is 10.0 Å². The Morgan fingerprint density at radius 1 is 1.08 bits per heavy atom. The van der Waals surface area contributed by atoms with E-state index in [2.05, 4.69) is 4.72 Å². The van der Waals surface area contributed by atoms with Crippen molar-refractivity contribution < 1.29 is 16.8 Å². The van der Waals surface area contributed by atoms with E-state index in [1.807, 2.05) is 0 Å². The summed E-state index contributed by atoms with van der Waals surface area (Å²) >= 11 is 5.82. The van der Waals surface area contributed by atoms with Gasteiger partial charge in [0.05, 0.1) is 22.0 Å². The predicted molar refractivity (Wildman–Crippen MR) is 99.2 cm³/mol. The Bertz CT molecular complexity index is 1000. The van der Waals surface area contributed by atoms with Gasteiger partial charge in [-0.1, -0.05) is 17.7 Å². The summed E-state index contributed by atoms with van der Waals surface area (Å²) in [7, 11) is -7.17. The quantitative estimate of drug-likeness (QED) is 0.836. The molecule has 0 unspecified atom stereocenters. The number of anilines is 2. The topological polar surface area (TPSA) is 83.6 Å². The summed E-state index contributed by atoms with van der Waals surface area (Å²) in [5.74, 6) is -0.0587. The van der Waals surface area contributed by atoms with Crippen LogP contribution in [-0.2, 0) is 26.5 Å². The lowest BCUT2D eigenvalue weighted by Gasteiger charge is -2.20. The molecular weight excluding hydrogens is 384 g/mol. The average Bonchev–Trinajstić information content (AvgIpc) is 2.99. The van der Waals surface area contributed by atoms with Crippen molar-refractivity contribution >= 4 is 43.0 Å². The van der Waals surface area contributed by atoms with E-state index in [0.717, 1.165) is 5.56 Å². The zero-order valence-corrected chi connectivity index (χ0v) is 15.8. The van der Waals surface area contributed by atoms with Crippen LogP contribution in [0.2, 0.25) is 5.02 Å². The zero-order chi connectivity index (χ0) is 18.2. The minimum absolute atomic E-state index is 0.0587. The molecule has 0 atom stereocenters. The molecule has 25 heavy (non-hydrogen) atoms. The highest BCUT2D eigenvalue weighted by molar-refractivity contribution is 7.93. The molecule has 3 rings (SSSR count). The molecule has 6 nitrogen and oxygen atoms in total. The second-order valence-electron chi connectivity index (χ2n) is 5.63. The molecule has 1 aliphatic heterocycles. The van der Waals surface area contributed by atoms with E-state index in [-0.39, 0.29) is 10.6 Å². The SMILES string of the molecule is CCS(=O)(=O)Nc1ccc2c(c1)N(S(=O)(=O)c1ccc(Cl)cc1)CC2. The number of fused-ring (bicyclic) bond motifs is 1. The fourth-order valence-corrected chi connectivity index (χ4v) is 4.90. The Balaban J connectivity index is 1.99. The molecule has 2 aromatic rings. The first-order valence-corrected chi connectivity index (χ1v) is 11.1. The Hall–Kier alpha value is -1.77. The van der Waals surface area contributed by atoms with E-state index in [0.29, 0.717) is 29.4 Å². The van der Waals surface area contributed by atoms with Crippen molar-refractivity contribution in [1.29, 1.82) is 0 Å². The van der Waals surface area contributed by atoms with E-state index in [9.17, 15) is 16.8 Å². The van der Waals surface area contributed by atoms with Crippen LogP contribution in [-0.4, -0.2) is 29.1 Å². The lowest BCUT2D eigenvalue weighted by molar-refractivity contribution is 0.592. The summed E-state index contributed by atoms with van der Waals surface area (Å²) < 4.78 is 53.1. The first kappa shape index (κ1) is 18.0. The first-order valence-electron chi connectivity index (χ1n) is 7.65. The molecule has 0 saturated carbocycles. The third-order valence-electron chi connectivity index (χ3n) is 3.99. The van der Waals surface area contributed by atoms with Gasteiger partial charge < -0.3 is 0 Å². The van der Waals surface area contributed by atoms with Crippen LogP contribution in [0.4, 0.5) is 11.4 Å². The van der Waals surface area contributed by atoms with Crippen LogP contribution in [0, 0.1) is 0 Å². The van der Waals surface area contributed by atoms with Gasteiger partial charge in [0, 0.05) is 11.6 Å². The summed E-state index contributed by atoms with van der Waals surface area (Å²) in [6, 6.07) is 10.9. The van der Waals surface area contributed by atoms with Crippen molar-refractivity contribution in [2.24, 2.45) is 0 Å². The lowest BCUT2D eigenvalue weighted by atomic mass is 10.1. The number of hydrogen-bond acceptors (Lipinski definition) is 4. The normalized spacial score (nSPS) is 14.4. The maximum atomic E-state index is 12.9. The van der Waals surface area contributed by atoms with E-state index < -0.39 is 20.0 Å². The molecule has 0 radical (unpaired) electrons. The highest BCUT2D eigenvalue weighted by atomic mass is 35.5. The number of nitrogens with one attached hydrogen (secondary N) is 1. The molecule has 0 bridgehead atoms. The van der Waals surface area contributed by atoms with Crippen LogP contribution in [0.1, 0.15) is 12.5 Å². The first-order chi connectivity index (χ1) is 11.7. The summed E-state index contributed by atoms with van der Waals surface area (Å²) in [6.45, 7) is 1.84. The molecule has 0 saturated heterocycles. The van der Waals surface area contributed by atoms with Gasteiger partial charge in [0.25, 0.3) is 10.0 Å². The summed E-state index contributed by atoms with van der Waals surface area (Å²) in [5.41, 5.74) is 1.70. The second kappa shape index (κ2) is 6.51. The van der Waals surface area contributed by atoms with Gasteiger partial charge in [-0.3, -0.25) is 9.03 Å². The fourth-order valence-electron chi connectivity index (χ4n) is 2.65. The van der Waals surface area contributed by atoms with Crippen LogP contribution in [0.5, 0.6) is 0 Å². The smallest absolute Gasteiger partial charge is 0.264 e. The van der Waals surface area contributed by atoms with Crippen LogP contribution in [0.3, 0.4) is 0 Å². The number of sulfonamides is 2. The Labute approximate surface area is 152 Å². The van der Waals surface area contributed by atoms with Gasteiger partial charge in [0.1, 0.15) is 0 Å². The standard InChI is InChI=1S/C16H17ClN2O4S2/c1-2-24(20,21)18-14-6-3-12-9-10-19(16(12)11-14)25(22,23)15-7-4-13(17)5-8-15/h3-8,11,18H,2,9-10H2,1H3. The van der Waals surface area contributed by atoms with E-state index >= 15 is 0 Å². The van der Waals surface area contributed by atoms with Crippen molar-refractivity contribution in [1.82, 2.24) is 0 Å². The summed E-state index contributed by atoms with van der Waals surface area (Å²) in [5, 5.41) is 0.456. The number of nitrogens with zero attached hydrogens (tertiary/aromatic N) is 1. The van der Waals surface area contributed by atoms with Crippen LogP contribution in [0.25, 0.3) is 0 Å². The van der Waals surface area contributed by atoms with E-state index in [4.69, 9.17) is 11.6 Å². The second-order valence-corrected chi connectivity index (χ2v) is 9.94. The highest BCUT2D eigenvalue weighted by Crippen LogP contribution is 2.35. The molecule has 2 aromatic carbocycles. The van der Waals surface area contributed by atoms with Crippen molar-refractivity contribution in [2.45, 2.75) is 18.2 Å².